The number of carbonyl (C=O) groups excluding carboxylic acids is 1. The van der Waals surface area contributed by atoms with Crippen molar-refractivity contribution in [3.05, 3.63) is 64.5 Å². The fraction of sp³-hybridized carbons (Fsp3) is 0.375. The second-order valence-corrected chi connectivity index (χ2v) is 7.91. The molecular weight excluding hydrogens is 409 g/mol. The molecule has 1 fully saturated rings. The maximum atomic E-state index is 13.7. The Hall–Kier alpha value is -3.28. The van der Waals surface area contributed by atoms with Gasteiger partial charge in [0.25, 0.3) is 5.91 Å². The van der Waals surface area contributed by atoms with E-state index in [-0.39, 0.29) is 23.8 Å². The number of hydrogen-bond acceptors (Lipinski definition) is 6. The molecular formula is C24H28FN5O2. The number of carbonyl (C=O) groups is 1. The molecule has 168 valence electrons. The number of amides is 1. The number of benzene rings is 2. The highest BCUT2D eigenvalue weighted by Gasteiger charge is 2.19. The number of piperazine rings is 1. The standard InChI is InChI=1S/C24H28FN5O2/c1-2-3-20-12-22(25)13-21(24(20)32)15-27-28-23(31)17-30-10-8-29(9-11-30)16-19-6-4-18(14-26)5-7-19/h4-7,12-13,15,32H,2-3,8-11,16-17H2,1H3,(H,28,31)/b27-15+. The van der Waals surface area contributed by atoms with E-state index in [1.165, 1.54) is 18.3 Å². The SMILES string of the molecule is CCCc1cc(F)cc(/C=N/NC(=O)CN2CCN(Cc3ccc(C#N)cc3)CC2)c1O. The summed E-state index contributed by atoms with van der Waals surface area (Å²) in [6.07, 6.45) is 2.62. The molecule has 2 aromatic rings. The van der Waals surface area contributed by atoms with E-state index in [0.717, 1.165) is 44.7 Å². The zero-order chi connectivity index (χ0) is 22.9. The number of aryl methyl sites for hydroxylation is 1. The molecule has 1 saturated heterocycles. The van der Waals surface area contributed by atoms with Gasteiger partial charge in [0.15, 0.2) is 0 Å². The topological polar surface area (TPSA) is 92.0 Å². The molecule has 2 aromatic carbocycles. The molecule has 0 atom stereocenters. The lowest BCUT2D eigenvalue weighted by atomic mass is 10.1. The Kier molecular flexibility index (Phi) is 8.31. The molecule has 1 aliphatic rings. The van der Waals surface area contributed by atoms with Crippen molar-refractivity contribution in [2.45, 2.75) is 26.3 Å². The van der Waals surface area contributed by atoms with Crippen LogP contribution in [0.4, 0.5) is 4.39 Å². The van der Waals surface area contributed by atoms with Crippen molar-refractivity contribution in [2.75, 3.05) is 32.7 Å². The van der Waals surface area contributed by atoms with Crippen LogP contribution in [0.15, 0.2) is 41.5 Å². The number of hydrazone groups is 1. The first-order valence-electron chi connectivity index (χ1n) is 10.8. The number of halogens is 1. The van der Waals surface area contributed by atoms with Crippen molar-refractivity contribution in [3.63, 3.8) is 0 Å². The molecule has 1 amide bonds. The average Bonchev–Trinajstić information content (AvgIpc) is 2.79. The summed E-state index contributed by atoms with van der Waals surface area (Å²) in [5, 5.41) is 23.0. The minimum Gasteiger partial charge on any atom is -0.507 e. The van der Waals surface area contributed by atoms with Crippen LogP contribution < -0.4 is 5.43 Å². The van der Waals surface area contributed by atoms with Crippen LogP contribution in [0.5, 0.6) is 5.75 Å². The highest BCUT2D eigenvalue weighted by molar-refractivity contribution is 5.86. The average molecular weight is 438 g/mol. The smallest absolute Gasteiger partial charge is 0.254 e. The van der Waals surface area contributed by atoms with Crippen LogP contribution in [0, 0.1) is 17.1 Å². The maximum absolute atomic E-state index is 13.7. The first-order valence-corrected chi connectivity index (χ1v) is 10.8. The van der Waals surface area contributed by atoms with Gasteiger partial charge in [0.05, 0.1) is 24.4 Å². The van der Waals surface area contributed by atoms with Crippen molar-refractivity contribution in [1.82, 2.24) is 15.2 Å². The summed E-state index contributed by atoms with van der Waals surface area (Å²) in [6, 6.07) is 12.2. The third-order valence-corrected chi connectivity index (χ3v) is 5.42. The molecule has 0 saturated carbocycles. The number of nitriles is 1. The van der Waals surface area contributed by atoms with Crippen LogP contribution in [-0.2, 0) is 17.8 Å². The van der Waals surface area contributed by atoms with Gasteiger partial charge in [0.1, 0.15) is 11.6 Å². The molecule has 0 aromatic heterocycles. The Balaban J connectivity index is 1.44. The number of rotatable bonds is 8. The molecule has 0 spiro atoms. The van der Waals surface area contributed by atoms with Crippen molar-refractivity contribution in [2.24, 2.45) is 5.10 Å². The normalized spacial score (nSPS) is 15.0. The third-order valence-electron chi connectivity index (χ3n) is 5.42. The zero-order valence-corrected chi connectivity index (χ0v) is 18.2. The van der Waals surface area contributed by atoms with Crippen LogP contribution in [0.25, 0.3) is 0 Å². The molecule has 7 nitrogen and oxygen atoms in total. The Morgan fingerprint density at radius 2 is 1.91 bits per heavy atom. The van der Waals surface area contributed by atoms with E-state index >= 15 is 0 Å². The summed E-state index contributed by atoms with van der Waals surface area (Å²) < 4.78 is 13.7. The maximum Gasteiger partial charge on any atom is 0.254 e. The number of phenols is 1. The first kappa shape index (κ1) is 23.4. The molecule has 0 radical (unpaired) electrons. The monoisotopic (exact) mass is 437 g/mol. The van der Waals surface area contributed by atoms with Crippen LogP contribution in [-0.4, -0.2) is 59.8 Å². The van der Waals surface area contributed by atoms with Crippen molar-refractivity contribution in [1.29, 1.82) is 5.26 Å². The van der Waals surface area contributed by atoms with E-state index in [4.69, 9.17) is 5.26 Å². The molecule has 3 rings (SSSR count). The van der Waals surface area contributed by atoms with Crippen LogP contribution >= 0.6 is 0 Å². The van der Waals surface area contributed by atoms with Gasteiger partial charge in [-0.2, -0.15) is 10.4 Å². The molecule has 0 bridgehead atoms. The summed E-state index contributed by atoms with van der Waals surface area (Å²) in [5.74, 6) is -0.714. The number of nitrogens with one attached hydrogen (secondary N) is 1. The minimum absolute atomic E-state index is 0.00960. The largest absolute Gasteiger partial charge is 0.507 e. The van der Waals surface area contributed by atoms with Crippen molar-refractivity contribution in [3.8, 4) is 11.8 Å². The minimum atomic E-state index is -0.446. The number of hydrogen-bond donors (Lipinski definition) is 2. The van der Waals surface area contributed by atoms with Crippen LogP contribution in [0.2, 0.25) is 0 Å². The van der Waals surface area contributed by atoms with Gasteiger partial charge in [-0.15, -0.1) is 0 Å². The van der Waals surface area contributed by atoms with Crippen molar-refractivity contribution < 1.29 is 14.3 Å². The van der Waals surface area contributed by atoms with Gasteiger partial charge in [0, 0.05) is 38.3 Å². The van der Waals surface area contributed by atoms with Gasteiger partial charge in [-0.05, 0) is 41.8 Å². The first-order chi connectivity index (χ1) is 15.5. The van der Waals surface area contributed by atoms with E-state index in [0.29, 0.717) is 17.5 Å². The quantitative estimate of drug-likeness (QED) is 0.489. The van der Waals surface area contributed by atoms with Gasteiger partial charge < -0.3 is 5.11 Å². The van der Waals surface area contributed by atoms with E-state index in [1.54, 1.807) is 0 Å². The molecule has 1 aliphatic heterocycles. The summed E-state index contributed by atoms with van der Waals surface area (Å²) in [6.45, 7) is 6.19. The molecule has 1 heterocycles. The predicted molar refractivity (Wildman–Crippen MR) is 121 cm³/mol. The predicted octanol–water partition coefficient (Wildman–Crippen LogP) is 2.62. The molecule has 0 unspecified atom stereocenters. The lowest BCUT2D eigenvalue weighted by molar-refractivity contribution is -0.122. The van der Waals surface area contributed by atoms with E-state index < -0.39 is 5.82 Å². The van der Waals surface area contributed by atoms with Crippen LogP contribution in [0.1, 0.15) is 35.6 Å². The molecule has 0 aliphatic carbocycles. The lowest BCUT2D eigenvalue weighted by Gasteiger charge is -2.34. The van der Waals surface area contributed by atoms with Gasteiger partial charge in [0.2, 0.25) is 0 Å². The van der Waals surface area contributed by atoms with E-state index in [9.17, 15) is 14.3 Å². The van der Waals surface area contributed by atoms with Crippen molar-refractivity contribution >= 4 is 12.1 Å². The summed E-state index contributed by atoms with van der Waals surface area (Å²) in [7, 11) is 0. The zero-order valence-electron chi connectivity index (χ0n) is 18.2. The number of aromatic hydroxyl groups is 1. The molecule has 2 N–H and O–H groups in total. The third kappa shape index (κ3) is 6.61. The van der Waals surface area contributed by atoms with Gasteiger partial charge >= 0.3 is 0 Å². The second kappa shape index (κ2) is 11.4. The Morgan fingerprint density at radius 3 is 2.56 bits per heavy atom. The number of phenolic OH excluding ortho intramolecular Hbond substituents is 1. The summed E-state index contributed by atoms with van der Waals surface area (Å²) >= 11 is 0. The Morgan fingerprint density at radius 1 is 1.22 bits per heavy atom. The van der Waals surface area contributed by atoms with E-state index in [1.807, 2.05) is 31.2 Å². The van der Waals surface area contributed by atoms with Gasteiger partial charge in [-0.1, -0.05) is 25.5 Å². The highest BCUT2D eigenvalue weighted by atomic mass is 19.1. The molecule has 32 heavy (non-hydrogen) atoms. The Labute approximate surface area is 187 Å². The van der Waals surface area contributed by atoms with Gasteiger partial charge in [-0.25, -0.2) is 9.82 Å². The summed E-state index contributed by atoms with van der Waals surface area (Å²) in [5.41, 5.74) is 5.04. The fourth-order valence-corrected chi connectivity index (χ4v) is 3.70. The lowest BCUT2D eigenvalue weighted by Crippen LogP contribution is -2.48. The van der Waals surface area contributed by atoms with Gasteiger partial charge in [-0.3, -0.25) is 14.6 Å². The molecule has 8 heteroatoms. The van der Waals surface area contributed by atoms with Crippen LogP contribution in [0.3, 0.4) is 0 Å². The van der Waals surface area contributed by atoms with E-state index in [2.05, 4.69) is 26.4 Å². The number of nitrogens with zero attached hydrogens (tertiary/aromatic N) is 4. The highest BCUT2D eigenvalue weighted by Crippen LogP contribution is 2.24. The summed E-state index contributed by atoms with van der Waals surface area (Å²) in [4.78, 5) is 16.6. The fourth-order valence-electron chi connectivity index (χ4n) is 3.70. The second-order valence-electron chi connectivity index (χ2n) is 7.91. The Bertz CT molecular complexity index is 993.